The molecule has 3 aliphatic heterocycles. The lowest BCUT2D eigenvalue weighted by Crippen LogP contribution is -2.47. The van der Waals surface area contributed by atoms with Crippen LogP contribution < -0.4 is 15.1 Å². The molecular weight excluding hydrogens is 563 g/mol. The number of rotatable bonds is 6. The van der Waals surface area contributed by atoms with E-state index in [1.54, 1.807) is 18.2 Å². The number of carbonyl (C=O) groups excluding carboxylic acids is 1. The lowest BCUT2D eigenvalue weighted by Gasteiger charge is -2.38. The van der Waals surface area contributed by atoms with Crippen LogP contribution in [0.25, 0.3) is 0 Å². The normalized spacial score (nSPS) is 22.4. The number of para-hydroxylation sites is 1. The van der Waals surface area contributed by atoms with Crippen molar-refractivity contribution in [2.45, 2.75) is 47.8 Å². The Morgan fingerprint density at radius 1 is 1.03 bits per heavy atom. The molecule has 1 N–H and O–H groups in total. The first-order valence-corrected chi connectivity index (χ1v) is 14.6. The number of likely N-dealkylation sites (tertiary alicyclic amines) is 1. The Bertz CT molecular complexity index is 1470. The lowest BCUT2D eigenvalue weighted by atomic mass is 10.1. The molecule has 11 heteroatoms. The van der Waals surface area contributed by atoms with Crippen molar-refractivity contribution in [1.82, 2.24) is 15.2 Å². The molecule has 1 aromatic heterocycles. The Balaban J connectivity index is 1.32. The van der Waals surface area contributed by atoms with Gasteiger partial charge in [-0.05, 0) is 55.5 Å². The summed E-state index contributed by atoms with van der Waals surface area (Å²) in [5.41, 5.74) is 2.41. The summed E-state index contributed by atoms with van der Waals surface area (Å²) >= 11 is 14.2. The summed E-state index contributed by atoms with van der Waals surface area (Å²) in [6, 6.07) is 11.0. The van der Waals surface area contributed by atoms with Gasteiger partial charge in [-0.1, -0.05) is 41.0 Å². The minimum Gasteiger partial charge on any atom is -0.363 e. The molecule has 2 aromatic carbocycles. The van der Waals surface area contributed by atoms with E-state index in [9.17, 15) is 13.6 Å². The summed E-state index contributed by atoms with van der Waals surface area (Å²) in [4.78, 5) is 24.8. The molecule has 3 aromatic rings. The zero-order valence-corrected chi connectivity index (χ0v) is 23.2. The summed E-state index contributed by atoms with van der Waals surface area (Å²) in [7, 11) is 0. The number of nitrogens with one attached hydrogen (secondary N) is 1. The summed E-state index contributed by atoms with van der Waals surface area (Å²) in [6.07, 6.45) is 3.69. The van der Waals surface area contributed by atoms with Gasteiger partial charge in [0.2, 0.25) is 0 Å². The fourth-order valence-corrected chi connectivity index (χ4v) is 7.45. The van der Waals surface area contributed by atoms with E-state index >= 15 is 0 Å². The second kappa shape index (κ2) is 9.80. The molecule has 6 nitrogen and oxygen atoms in total. The third kappa shape index (κ3) is 4.63. The highest BCUT2D eigenvalue weighted by molar-refractivity contribution is 7.99. The van der Waals surface area contributed by atoms with E-state index in [-0.39, 0.29) is 17.5 Å². The molecule has 7 rings (SSSR count). The van der Waals surface area contributed by atoms with E-state index in [0.717, 1.165) is 43.7 Å². The summed E-state index contributed by atoms with van der Waals surface area (Å²) in [5, 5.41) is 4.15. The predicted octanol–water partition coefficient (Wildman–Crippen LogP) is 6.85. The van der Waals surface area contributed by atoms with Crippen molar-refractivity contribution in [3.63, 3.8) is 0 Å². The second-order valence-electron chi connectivity index (χ2n) is 10.6. The first-order chi connectivity index (χ1) is 18.9. The van der Waals surface area contributed by atoms with E-state index in [1.165, 1.54) is 41.6 Å². The van der Waals surface area contributed by atoms with Crippen LogP contribution in [0, 0.1) is 17.6 Å². The number of nitrogens with zero attached hydrogens (tertiary/aromatic N) is 4. The number of anilines is 3. The van der Waals surface area contributed by atoms with Crippen molar-refractivity contribution >= 4 is 58.1 Å². The zero-order chi connectivity index (χ0) is 26.8. The molecule has 2 saturated heterocycles. The number of pyridine rings is 1. The standard InChI is InChI=1S/C28H25Cl2F2N5OS/c29-19-2-1-3-20(30)26(19)37-23-10-24(36-14-17-9-18(36)13-35(17)12-15-4-5-15)27(34-22(23)11-33-28(37)38)39-25-7-6-16(31)8-21(25)32/h1-3,6-8,10,15,17-18H,4-5,9,11-14H2,(H,33,38). The van der Waals surface area contributed by atoms with E-state index in [4.69, 9.17) is 28.2 Å². The molecule has 1 saturated carbocycles. The Kier molecular flexibility index (Phi) is 6.38. The number of hydrogen-bond acceptors (Lipinski definition) is 5. The van der Waals surface area contributed by atoms with Crippen LogP contribution in [0.5, 0.6) is 0 Å². The number of hydrogen-bond donors (Lipinski definition) is 1. The first-order valence-electron chi connectivity index (χ1n) is 13.0. The van der Waals surface area contributed by atoms with Crippen molar-refractivity contribution in [1.29, 1.82) is 0 Å². The van der Waals surface area contributed by atoms with Gasteiger partial charge in [0.05, 0.1) is 39.3 Å². The molecule has 39 heavy (non-hydrogen) atoms. The molecular formula is C28H25Cl2F2N5OS. The molecule has 2 unspecified atom stereocenters. The quantitative estimate of drug-likeness (QED) is 0.342. The van der Waals surface area contributed by atoms with Crippen LogP contribution in [0.1, 0.15) is 25.0 Å². The van der Waals surface area contributed by atoms with Gasteiger partial charge in [-0.2, -0.15) is 0 Å². The van der Waals surface area contributed by atoms with Gasteiger partial charge >= 0.3 is 6.03 Å². The maximum absolute atomic E-state index is 14.7. The first kappa shape index (κ1) is 25.4. The molecule has 4 aliphatic rings. The number of benzene rings is 2. The van der Waals surface area contributed by atoms with Gasteiger partial charge in [0.1, 0.15) is 16.7 Å². The summed E-state index contributed by atoms with van der Waals surface area (Å²) in [5.74, 6) is -0.442. The van der Waals surface area contributed by atoms with Crippen molar-refractivity contribution in [2.24, 2.45) is 5.92 Å². The highest BCUT2D eigenvalue weighted by atomic mass is 35.5. The van der Waals surface area contributed by atoms with Crippen LogP contribution in [0.15, 0.2) is 52.4 Å². The predicted molar refractivity (Wildman–Crippen MR) is 149 cm³/mol. The SMILES string of the molecule is O=C1NCc2nc(Sc3ccc(F)cc3F)c(N3CC4CC3CN4CC3CC3)cc2N1c1c(Cl)cccc1Cl. The molecule has 2 amide bonds. The maximum Gasteiger partial charge on any atom is 0.326 e. The highest BCUT2D eigenvalue weighted by Gasteiger charge is 2.46. The largest absolute Gasteiger partial charge is 0.363 e. The molecule has 0 spiro atoms. The van der Waals surface area contributed by atoms with Crippen LogP contribution in [-0.2, 0) is 6.54 Å². The third-order valence-corrected chi connectivity index (χ3v) is 9.65. The molecule has 1 aliphatic carbocycles. The number of amides is 2. The Morgan fingerprint density at radius 3 is 2.51 bits per heavy atom. The van der Waals surface area contributed by atoms with Gasteiger partial charge in [0.25, 0.3) is 0 Å². The van der Waals surface area contributed by atoms with E-state index < -0.39 is 11.6 Å². The second-order valence-corrected chi connectivity index (χ2v) is 12.5. The van der Waals surface area contributed by atoms with Crippen LogP contribution in [-0.4, -0.2) is 47.6 Å². The topological polar surface area (TPSA) is 51.7 Å². The smallest absolute Gasteiger partial charge is 0.326 e. The number of aromatic nitrogens is 1. The van der Waals surface area contributed by atoms with Crippen molar-refractivity contribution < 1.29 is 13.6 Å². The van der Waals surface area contributed by atoms with E-state index in [1.807, 2.05) is 6.07 Å². The fourth-order valence-electron chi connectivity index (χ4n) is 5.95. The number of halogens is 4. The van der Waals surface area contributed by atoms with Crippen LogP contribution >= 0.6 is 35.0 Å². The summed E-state index contributed by atoms with van der Waals surface area (Å²) < 4.78 is 28.4. The monoisotopic (exact) mass is 587 g/mol. The highest BCUT2D eigenvalue weighted by Crippen LogP contribution is 2.47. The Hall–Kier alpha value is -2.59. The Labute approximate surface area is 239 Å². The Morgan fingerprint density at radius 2 is 1.82 bits per heavy atom. The van der Waals surface area contributed by atoms with Gasteiger partial charge in [0, 0.05) is 42.7 Å². The van der Waals surface area contributed by atoms with Crippen LogP contribution in [0.4, 0.5) is 30.6 Å². The van der Waals surface area contributed by atoms with Crippen LogP contribution in [0.2, 0.25) is 10.0 Å². The molecule has 0 radical (unpaired) electrons. The minimum absolute atomic E-state index is 0.202. The van der Waals surface area contributed by atoms with Gasteiger partial charge in [-0.25, -0.2) is 18.6 Å². The van der Waals surface area contributed by atoms with E-state index in [2.05, 4.69) is 15.1 Å². The molecule has 202 valence electrons. The van der Waals surface area contributed by atoms with Gasteiger partial charge < -0.3 is 10.2 Å². The van der Waals surface area contributed by atoms with E-state index in [0.29, 0.717) is 44.2 Å². The molecule has 4 heterocycles. The minimum atomic E-state index is -0.637. The number of piperazine rings is 1. The van der Waals surface area contributed by atoms with Gasteiger partial charge in [0.15, 0.2) is 0 Å². The number of carbonyl (C=O) groups is 1. The zero-order valence-electron chi connectivity index (χ0n) is 20.8. The average Bonchev–Trinajstić information content (AvgIpc) is 3.50. The third-order valence-electron chi connectivity index (χ3n) is 7.99. The average molecular weight is 589 g/mol. The summed E-state index contributed by atoms with van der Waals surface area (Å²) in [6.45, 7) is 3.15. The van der Waals surface area contributed by atoms with Crippen LogP contribution in [0.3, 0.4) is 0 Å². The maximum atomic E-state index is 14.7. The van der Waals surface area contributed by atoms with Crippen molar-refractivity contribution in [3.05, 3.63) is 69.8 Å². The molecule has 2 atom stereocenters. The number of urea groups is 1. The van der Waals surface area contributed by atoms with Crippen molar-refractivity contribution in [2.75, 3.05) is 29.4 Å². The van der Waals surface area contributed by atoms with Crippen molar-refractivity contribution in [3.8, 4) is 0 Å². The molecule has 3 fully saturated rings. The fraction of sp³-hybridized carbons (Fsp3) is 0.357. The molecule has 2 bridgehead atoms. The van der Waals surface area contributed by atoms with Gasteiger partial charge in [-0.3, -0.25) is 9.80 Å². The number of fused-ring (bicyclic) bond motifs is 3. The lowest BCUT2D eigenvalue weighted by molar-refractivity contribution is 0.229. The van der Waals surface area contributed by atoms with Gasteiger partial charge in [-0.15, -0.1) is 0 Å².